The second-order valence-electron chi connectivity index (χ2n) is 7.30. The predicted octanol–water partition coefficient (Wildman–Crippen LogP) is 3.40. The third-order valence-electron chi connectivity index (χ3n) is 4.27. The first kappa shape index (κ1) is 23.7. The largest absolute Gasteiger partial charge is 0.486 e. The summed E-state index contributed by atoms with van der Waals surface area (Å²) in [6.45, 7) is 11.3. The molecule has 3 amide bonds. The van der Waals surface area contributed by atoms with Crippen LogP contribution in [0.4, 0.5) is 4.79 Å². The summed E-state index contributed by atoms with van der Waals surface area (Å²) in [5.74, 6) is 1.46. The molecular weight excluding hydrogens is 402 g/mol. The molecule has 0 aliphatic heterocycles. The third kappa shape index (κ3) is 7.05. The van der Waals surface area contributed by atoms with Crippen LogP contribution in [0.5, 0.6) is 5.75 Å². The lowest BCUT2D eigenvalue weighted by Crippen LogP contribution is -2.42. The summed E-state index contributed by atoms with van der Waals surface area (Å²) < 4.78 is 7.87. The van der Waals surface area contributed by atoms with Gasteiger partial charge in [0.25, 0.3) is 0 Å². The highest BCUT2D eigenvalue weighted by atomic mass is 32.2. The molecule has 9 heteroatoms. The van der Waals surface area contributed by atoms with Crippen molar-refractivity contribution in [2.75, 3.05) is 6.54 Å². The van der Waals surface area contributed by atoms with Crippen LogP contribution in [0.25, 0.3) is 0 Å². The van der Waals surface area contributed by atoms with E-state index in [1.165, 1.54) is 17.3 Å². The number of aromatic nitrogens is 3. The zero-order valence-electron chi connectivity index (χ0n) is 18.3. The van der Waals surface area contributed by atoms with Gasteiger partial charge in [-0.1, -0.05) is 44.7 Å². The highest BCUT2D eigenvalue weighted by molar-refractivity contribution is 8.00. The molecule has 0 aliphatic rings. The Hall–Kier alpha value is -2.55. The van der Waals surface area contributed by atoms with Crippen LogP contribution in [-0.4, -0.2) is 38.5 Å². The van der Waals surface area contributed by atoms with Gasteiger partial charge in [0.1, 0.15) is 12.4 Å². The molecule has 8 nitrogen and oxygen atoms in total. The van der Waals surface area contributed by atoms with Gasteiger partial charge in [0, 0.05) is 13.1 Å². The topological polar surface area (TPSA) is 98.1 Å². The van der Waals surface area contributed by atoms with Gasteiger partial charge in [0.2, 0.25) is 5.91 Å². The van der Waals surface area contributed by atoms with Crippen LogP contribution in [-0.2, 0) is 24.4 Å². The number of amides is 3. The Kier molecular flexibility index (Phi) is 9.16. The minimum atomic E-state index is -0.502. The van der Waals surface area contributed by atoms with Crippen LogP contribution < -0.4 is 15.4 Å². The zero-order chi connectivity index (χ0) is 22.1. The van der Waals surface area contributed by atoms with Crippen molar-refractivity contribution in [1.29, 1.82) is 0 Å². The van der Waals surface area contributed by atoms with Gasteiger partial charge in [-0.25, -0.2) is 4.79 Å². The molecule has 1 unspecified atom stereocenters. The molecule has 2 aromatic rings. The fourth-order valence-electron chi connectivity index (χ4n) is 2.66. The molecule has 0 aliphatic carbocycles. The van der Waals surface area contributed by atoms with E-state index in [4.69, 9.17) is 4.74 Å². The number of carbonyl (C=O) groups is 2. The predicted molar refractivity (Wildman–Crippen MR) is 118 cm³/mol. The molecule has 1 aromatic heterocycles. The number of carbonyl (C=O) groups excluding carboxylic acids is 2. The molecule has 2 N–H and O–H groups in total. The smallest absolute Gasteiger partial charge is 0.321 e. The summed E-state index contributed by atoms with van der Waals surface area (Å²) >= 11 is 1.27. The molecule has 1 atom stereocenters. The summed E-state index contributed by atoms with van der Waals surface area (Å²) in [7, 11) is 0. The first-order valence-corrected chi connectivity index (χ1v) is 11.1. The Bertz CT molecular complexity index is 836. The van der Waals surface area contributed by atoms with Gasteiger partial charge >= 0.3 is 6.03 Å². The molecule has 0 spiro atoms. The van der Waals surface area contributed by atoms with Crippen LogP contribution in [0.3, 0.4) is 0 Å². The van der Waals surface area contributed by atoms with Gasteiger partial charge in [-0.15, -0.1) is 10.2 Å². The van der Waals surface area contributed by atoms with Gasteiger partial charge in [-0.05, 0) is 43.9 Å². The number of urea groups is 1. The van der Waals surface area contributed by atoms with Crippen molar-refractivity contribution < 1.29 is 14.3 Å². The molecule has 164 valence electrons. The van der Waals surface area contributed by atoms with Crippen LogP contribution in [0, 0.1) is 5.92 Å². The quantitative estimate of drug-likeness (QED) is 0.557. The molecule has 0 fully saturated rings. The first-order chi connectivity index (χ1) is 14.3. The van der Waals surface area contributed by atoms with Crippen LogP contribution in [0.2, 0.25) is 0 Å². The van der Waals surface area contributed by atoms with E-state index in [1.54, 1.807) is 13.8 Å². The number of rotatable bonds is 10. The minimum Gasteiger partial charge on any atom is -0.486 e. The maximum Gasteiger partial charge on any atom is 0.321 e. The molecule has 0 bridgehead atoms. The molecule has 1 heterocycles. The van der Waals surface area contributed by atoms with E-state index in [0.717, 1.165) is 12.2 Å². The van der Waals surface area contributed by atoms with E-state index >= 15 is 0 Å². The van der Waals surface area contributed by atoms with Crippen molar-refractivity contribution in [3.8, 4) is 5.75 Å². The van der Waals surface area contributed by atoms with Gasteiger partial charge in [0.05, 0.1) is 5.25 Å². The first-order valence-electron chi connectivity index (χ1n) is 10.2. The maximum absolute atomic E-state index is 12.3. The Balaban J connectivity index is 2.07. The van der Waals surface area contributed by atoms with Gasteiger partial charge in [-0.3, -0.25) is 10.1 Å². The minimum absolute atomic E-state index is 0.283. The van der Waals surface area contributed by atoms with E-state index in [9.17, 15) is 9.59 Å². The monoisotopic (exact) mass is 433 g/mol. The normalized spacial score (nSPS) is 11.9. The summed E-state index contributed by atoms with van der Waals surface area (Å²) in [5, 5.41) is 13.5. The number of nitrogens with zero attached hydrogens (tertiary/aromatic N) is 3. The number of nitrogens with one attached hydrogen (secondary N) is 2. The van der Waals surface area contributed by atoms with E-state index < -0.39 is 11.3 Å². The molecule has 0 radical (unpaired) electrons. The average Bonchev–Trinajstić information content (AvgIpc) is 3.07. The van der Waals surface area contributed by atoms with Crippen molar-refractivity contribution in [1.82, 2.24) is 25.4 Å². The molecule has 30 heavy (non-hydrogen) atoms. The molecule has 2 rings (SSSR count). The number of benzene rings is 1. The fraction of sp³-hybridized carbons (Fsp3) is 0.524. The molecule has 1 aromatic carbocycles. The van der Waals surface area contributed by atoms with Crippen LogP contribution in [0.15, 0.2) is 29.4 Å². The van der Waals surface area contributed by atoms with Crippen molar-refractivity contribution in [2.45, 2.75) is 64.6 Å². The average molecular weight is 434 g/mol. The summed E-state index contributed by atoms with van der Waals surface area (Å²) in [6.07, 6.45) is 0.982. The number of ether oxygens (including phenoxy) is 1. The second-order valence-corrected chi connectivity index (χ2v) is 8.61. The van der Waals surface area contributed by atoms with Gasteiger partial charge in [-0.2, -0.15) is 0 Å². The number of hydrogen-bond acceptors (Lipinski definition) is 6. The number of hydrogen-bond donors (Lipinski definition) is 2. The highest BCUT2D eigenvalue weighted by Crippen LogP contribution is 2.24. The molecular formula is C21H31N5O3S. The van der Waals surface area contributed by atoms with Crippen LogP contribution in [0.1, 0.15) is 46.0 Å². The Labute approximate surface area is 182 Å². The van der Waals surface area contributed by atoms with Gasteiger partial charge in [0.15, 0.2) is 11.0 Å². The molecule has 0 saturated heterocycles. The molecule has 0 saturated carbocycles. The zero-order valence-corrected chi connectivity index (χ0v) is 19.1. The summed E-state index contributed by atoms with van der Waals surface area (Å²) in [5.41, 5.74) is 1.25. The van der Waals surface area contributed by atoms with E-state index in [-0.39, 0.29) is 12.5 Å². The van der Waals surface area contributed by atoms with E-state index in [1.807, 2.05) is 28.8 Å². The SMILES string of the molecule is CCNC(=O)NC(=O)C(C)Sc1nnc(COc2ccc(CC)cc2)n1CC(C)C. The maximum atomic E-state index is 12.3. The number of aryl methyl sites for hydroxylation is 1. The Morgan fingerprint density at radius 3 is 2.43 bits per heavy atom. The summed E-state index contributed by atoms with van der Waals surface area (Å²) in [4.78, 5) is 23.8. The lowest BCUT2D eigenvalue weighted by molar-refractivity contribution is -0.119. The van der Waals surface area contributed by atoms with Crippen molar-refractivity contribution in [3.63, 3.8) is 0 Å². The summed E-state index contributed by atoms with van der Waals surface area (Å²) in [6, 6.07) is 7.49. The Morgan fingerprint density at radius 2 is 1.83 bits per heavy atom. The second kappa shape index (κ2) is 11.6. The lowest BCUT2D eigenvalue weighted by atomic mass is 10.2. The number of thioether (sulfide) groups is 1. The highest BCUT2D eigenvalue weighted by Gasteiger charge is 2.22. The number of imide groups is 1. The van der Waals surface area contributed by atoms with E-state index in [2.05, 4.69) is 41.6 Å². The lowest BCUT2D eigenvalue weighted by Gasteiger charge is -2.15. The fourth-order valence-corrected chi connectivity index (χ4v) is 3.54. The van der Waals surface area contributed by atoms with Crippen molar-refractivity contribution in [2.24, 2.45) is 5.92 Å². The van der Waals surface area contributed by atoms with Crippen molar-refractivity contribution in [3.05, 3.63) is 35.7 Å². The van der Waals surface area contributed by atoms with Crippen molar-refractivity contribution >= 4 is 23.7 Å². The van der Waals surface area contributed by atoms with Gasteiger partial charge < -0.3 is 14.6 Å². The standard InChI is InChI=1S/C21H31N5O3S/c1-6-16-8-10-17(11-9-16)29-13-18-24-25-21(26(18)12-14(3)4)30-15(5)19(27)23-20(28)22-7-2/h8-11,14-15H,6-7,12-13H2,1-5H3,(H2,22,23,27,28). The third-order valence-corrected chi connectivity index (χ3v) is 5.35. The Morgan fingerprint density at radius 1 is 1.13 bits per heavy atom. The van der Waals surface area contributed by atoms with Crippen LogP contribution >= 0.6 is 11.8 Å². The van der Waals surface area contributed by atoms with E-state index in [0.29, 0.717) is 30.0 Å².